The van der Waals surface area contributed by atoms with Crippen LogP contribution in [0.2, 0.25) is 0 Å². The van der Waals surface area contributed by atoms with E-state index < -0.39 is 0 Å². The SMILES string of the molecule is OCC1CCCN1c1cc(NCc2cc3ccccc3o2)ncn1. The zero-order valence-corrected chi connectivity index (χ0v) is 13.4. The molecule has 0 bridgehead atoms. The number of hydrogen-bond acceptors (Lipinski definition) is 6. The summed E-state index contributed by atoms with van der Waals surface area (Å²) in [6.45, 7) is 1.64. The normalized spacial score (nSPS) is 17.5. The number of hydrogen-bond donors (Lipinski definition) is 2. The van der Waals surface area contributed by atoms with E-state index in [1.54, 1.807) is 6.33 Å². The quantitative estimate of drug-likeness (QED) is 0.752. The van der Waals surface area contributed by atoms with Crippen LogP contribution in [-0.4, -0.2) is 34.3 Å². The number of aliphatic hydroxyl groups excluding tert-OH is 1. The number of aliphatic hydroxyl groups is 1. The van der Waals surface area contributed by atoms with Gasteiger partial charge in [0.05, 0.1) is 19.2 Å². The molecule has 0 amide bonds. The first-order valence-corrected chi connectivity index (χ1v) is 8.24. The molecule has 1 aliphatic heterocycles. The third-order valence-electron chi connectivity index (χ3n) is 4.46. The average Bonchev–Trinajstić information content (AvgIpc) is 3.26. The van der Waals surface area contributed by atoms with Gasteiger partial charge in [0.15, 0.2) is 0 Å². The number of fused-ring (bicyclic) bond motifs is 1. The number of nitrogens with zero attached hydrogens (tertiary/aromatic N) is 3. The summed E-state index contributed by atoms with van der Waals surface area (Å²) in [6.07, 6.45) is 3.64. The summed E-state index contributed by atoms with van der Waals surface area (Å²) < 4.78 is 5.80. The monoisotopic (exact) mass is 324 g/mol. The summed E-state index contributed by atoms with van der Waals surface area (Å²) in [4.78, 5) is 10.8. The molecule has 0 saturated carbocycles. The van der Waals surface area contributed by atoms with E-state index in [9.17, 15) is 5.11 Å². The van der Waals surface area contributed by atoms with Crippen LogP contribution in [0.15, 0.2) is 47.1 Å². The van der Waals surface area contributed by atoms with Crippen LogP contribution in [0.1, 0.15) is 18.6 Å². The van der Waals surface area contributed by atoms with Crippen molar-refractivity contribution in [3.8, 4) is 0 Å². The van der Waals surface area contributed by atoms with E-state index in [1.807, 2.05) is 36.4 Å². The van der Waals surface area contributed by atoms with Crippen molar-refractivity contribution in [3.05, 3.63) is 48.5 Å². The van der Waals surface area contributed by atoms with Gasteiger partial charge in [0.1, 0.15) is 29.3 Å². The maximum absolute atomic E-state index is 9.48. The van der Waals surface area contributed by atoms with Crippen molar-refractivity contribution in [1.29, 1.82) is 0 Å². The number of anilines is 2. The molecule has 24 heavy (non-hydrogen) atoms. The fourth-order valence-electron chi connectivity index (χ4n) is 3.23. The van der Waals surface area contributed by atoms with Gasteiger partial charge in [-0.25, -0.2) is 9.97 Å². The molecular weight excluding hydrogens is 304 g/mol. The molecule has 1 saturated heterocycles. The van der Waals surface area contributed by atoms with Gasteiger partial charge in [-0.15, -0.1) is 0 Å². The number of para-hydroxylation sites is 1. The first-order valence-electron chi connectivity index (χ1n) is 8.24. The van der Waals surface area contributed by atoms with Gasteiger partial charge in [-0.2, -0.15) is 0 Å². The summed E-state index contributed by atoms with van der Waals surface area (Å²) in [5, 5.41) is 13.9. The third-order valence-corrected chi connectivity index (χ3v) is 4.46. The number of nitrogens with one attached hydrogen (secondary N) is 1. The maximum atomic E-state index is 9.48. The highest BCUT2D eigenvalue weighted by Crippen LogP contribution is 2.25. The molecule has 3 aromatic rings. The van der Waals surface area contributed by atoms with Crippen LogP contribution >= 0.6 is 0 Å². The van der Waals surface area contributed by atoms with Gasteiger partial charge in [0, 0.05) is 18.0 Å². The topological polar surface area (TPSA) is 74.4 Å². The van der Waals surface area contributed by atoms with Crippen molar-refractivity contribution in [2.24, 2.45) is 0 Å². The van der Waals surface area contributed by atoms with Crippen LogP contribution in [0.3, 0.4) is 0 Å². The minimum absolute atomic E-state index is 0.156. The number of aromatic nitrogens is 2. The standard InChI is InChI=1S/C18H20N4O2/c23-11-14-5-3-7-22(14)18-9-17(20-12-21-18)19-10-15-8-13-4-1-2-6-16(13)24-15/h1-2,4,6,8-9,12,14,23H,3,5,7,10-11H2,(H,19,20,21). The Morgan fingerprint density at radius 1 is 1.25 bits per heavy atom. The molecule has 1 atom stereocenters. The third kappa shape index (κ3) is 2.92. The minimum atomic E-state index is 0.156. The van der Waals surface area contributed by atoms with E-state index in [4.69, 9.17) is 4.42 Å². The van der Waals surface area contributed by atoms with Gasteiger partial charge in [-0.05, 0) is 25.0 Å². The molecule has 1 aliphatic rings. The molecule has 4 rings (SSSR count). The predicted molar refractivity (Wildman–Crippen MR) is 93.0 cm³/mol. The van der Waals surface area contributed by atoms with E-state index >= 15 is 0 Å². The smallest absolute Gasteiger partial charge is 0.134 e. The second-order valence-corrected chi connectivity index (χ2v) is 6.04. The van der Waals surface area contributed by atoms with Gasteiger partial charge in [0.25, 0.3) is 0 Å². The predicted octanol–water partition coefficient (Wildman–Crippen LogP) is 2.80. The second-order valence-electron chi connectivity index (χ2n) is 6.04. The van der Waals surface area contributed by atoms with Crippen LogP contribution in [0.4, 0.5) is 11.6 Å². The second kappa shape index (κ2) is 6.49. The highest BCUT2D eigenvalue weighted by atomic mass is 16.3. The minimum Gasteiger partial charge on any atom is -0.459 e. The fraction of sp³-hybridized carbons (Fsp3) is 0.333. The van der Waals surface area contributed by atoms with Gasteiger partial charge >= 0.3 is 0 Å². The largest absolute Gasteiger partial charge is 0.459 e. The summed E-state index contributed by atoms with van der Waals surface area (Å²) in [5.41, 5.74) is 0.889. The lowest BCUT2D eigenvalue weighted by Crippen LogP contribution is -2.32. The Bertz CT molecular complexity index is 800. The molecule has 1 unspecified atom stereocenters. The lowest BCUT2D eigenvalue weighted by atomic mass is 10.2. The van der Waals surface area contributed by atoms with E-state index in [0.717, 1.165) is 47.8 Å². The average molecular weight is 324 g/mol. The lowest BCUT2D eigenvalue weighted by molar-refractivity contribution is 0.266. The summed E-state index contributed by atoms with van der Waals surface area (Å²) in [7, 11) is 0. The Morgan fingerprint density at radius 2 is 2.17 bits per heavy atom. The summed E-state index contributed by atoms with van der Waals surface area (Å²) in [5.74, 6) is 2.48. The zero-order chi connectivity index (χ0) is 16.4. The van der Waals surface area contributed by atoms with Crippen LogP contribution in [0.5, 0.6) is 0 Å². The van der Waals surface area contributed by atoms with Crippen molar-refractivity contribution in [3.63, 3.8) is 0 Å². The first-order chi connectivity index (χ1) is 11.8. The Morgan fingerprint density at radius 3 is 3.04 bits per heavy atom. The lowest BCUT2D eigenvalue weighted by Gasteiger charge is -2.24. The number of rotatable bonds is 5. The van der Waals surface area contributed by atoms with Crippen LogP contribution in [-0.2, 0) is 6.54 Å². The molecule has 1 fully saturated rings. The Kier molecular flexibility index (Phi) is 4.04. The highest BCUT2D eigenvalue weighted by Gasteiger charge is 2.25. The van der Waals surface area contributed by atoms with Crippen molar-refractivity contribution in [2.45, 2.75) is 25.4 Å². The molecule has 124 valence electrons. The summed E-state index contributed by atoms with van der Waals surface area (Å²) >= 11 is 0. The van der Waals surface area contributed by atoms with Gasteiger partial charge in [-0.3, -0.25) is 0 Å². The van der Waals surface area contributed by atoms with Gasteiger partial charge in [-0.1, -0.05) is 18.2 Å². The van der Waals surface area contributed by atoms with Crippen molar-refractivity contribution in [2.75, 3.05) is 23.4 Å². The van der Waals surface area contributed by atoms with Crippen molar-refractivity contribution >= 4 is 22.6 Å². The number of benzene rings is 1. The van der Waals surface area contributed by atoms with E-state index in [1.165, 1.54) is 0 Å². The molecule has 2 aromatic heterocycles. The molecule has 0 radical (unpaired) electrons. The van der Waals surface area contributed by atoms with E-state index in [0.29, 0.717) is 6.54 Å². The molecule has 0 spiro atoms. The molecule has 3 heterocycles. The Balaban J connectivity index is 1.47. The maximum Gasteiger partial charge on any atom is 0.134 e. The molecule has 0 aliphatic carbocycles. The van der Waals surface area contributed by atoms with Crippen LogP contribution in [0, 0.1) is 0 Å². The van der Waals surface area contributed by atoms with Gasteiger partial charge < -0.3 is 19.7 Å². The van der Waals surface area contributed by atoms with Crippen LogP contribution < -0.4 is 10.2 Å². The molecule has 6 nitrogen and oxygen atoms in total. The fourth-order valence-corrected chi connectivity index (χ4v) is 3.23. The first kappa shape index (κ1) is 15.0. The molecule has 6 heteroatoms. The molecular formula is C18H20N4O2. The number of furan rings is 1. The summed E-state index contributed by atoms with van der Waals surface area (Å²) in [6, 6.07) is 12.1. The van der Waals surface area contributed by atoms with Gasteiger partial charge in [0.2, 0.25) is 0 Å². The van der Waals surface area contributed by atoms with E-state index in [-0.39, 0.29) is 12.6 Å². The molecule has 1 aromatic carbocycles. The molecule has 2 N–H and O–H groups in total. The van der Waals surface area contributed by atoms with Crippen molar-refractivity contribution in [1.82, 2.24) is 9.97 Å². The van der Waals surface area contributed by atoms with E-state index in [2.05, 4.69) is 20.2 Å². The zero-order valence-electron chi connectivity index (χ0n) is 13.4. The highest BCUT2D eigenvalue weighted by molar-refractivity contribution is 5.77. The Hall–Kier alpha value is -2.60. The van der Waals surface area contributed by atoms with Crippen molar-refractivity contribution < 1.29 is 9.52 Å². The Labute approximate surface area is 140 Å². The van der Waals surface area contributed by atoms with Crippen LogP contribution in [0.25, 0.3) is 11.0 Å².